The number of hydrogen-bond donors (Lipinski definition) is 2. The van der Waals surface area contributed by atoms with Gasteiger partial charge in [0.2, 0.25) is 5.78 Å². The Morgan fingerprint density at radius 3 is 2.39 bits per heavy atom. The van der Waals surface area contributed by atoms with Gasteiger partial charge in [0.05, 0.1) is 10.5 Å². The molecule has 0 aliphatic heterocycles. The highest BCUT2D eigenvalue weighted by molar-refractivity contribution is 6.39. The summed E-state index contributed by atoms with van der Waals surface area (Å²) < 4.78 is 0. The molecule has 1 rings (SSSR count). The number of carboxylic acid groups (broad SMARTS) is 1. The average Bonchev–Trinajstić information content (AvgIpc) is 2.28. The van der Waals surface area contributed by atoms with Gasteiger partial charge in [0.1, 0.15) is 5.69 Å². The number of anilines is 1. The maximum atomic E-state index is 11.1. The SMILES string of the molecule is CC(=O)C(=O)Nc1ccc(C(=O)O)cc1[N+](=O)[O-]. The zero-order valence-corrected chi connectivity index (χ0v) is 9.17. The number of carbonyl (C=O) groups excluding carboxylic acids is 2. The molecule has 0 aliphatic rings. The number of carboxylic acids is 1. The monoisotopic (exact) mass is 252 g/mol. The second-order valence-corrected chi connectivity index (χ2v) is 3.30. The van der Waals surface area contributed by atoms with Gasteiger partial charge in [-0.2, -0.15) is 0 Å². The van der Waals surface area contributed by atoms with Crippen molar-refractivity contribution in [2.24, 2.45) is 0 Å². The predicted molar refractivity (Wildman–Crippen MR) is 59.4 cm³/mol. The third-order valence-electron chi connectivity index (χ3n) is 2.01. The topological polar surface area (TPSA) is 127 Å². The Balaban J connectivity index is 3.20. The highest BCUT2D eigenvalue weighted by Gasteiger charge is 2.20. The number of benzene rings is 1. The van der Waals surface area contributed by atoms with E-state index >= 15 is 0 Å². The summed E-state index contributed by atoms with van der Waals surface area (Å²) in [5.41, 5.74) is -1.11. The van der Waals surface area contributed by atoms with Gasteiger partial charge < -0.3 is 10.4 Å². The van der Waals surface area contributed by atoms with E-state index in [-0.39, 0.29) is 11.3 Å². The fourth-order valence-electron chi connectivity index (χ4n) is 1.13. The molecule has 0 heterocycles. The summed E-state index contributed by atoms with van der Waals surface area (Å²) in [7, 11) is 0. The predicted octanol–water partition coefficient (Wildman–Crippen LogP) is 0.821. The third kappa shape index (κ3) is 2.88. The second kappa shape index (κ2) is 5.04. The Kier molecular flexibility index (Phi) is 3.72. The number of hydrogen-bond acceptors (Lipinski definition) is 5. The third-order valence-corrected chi connectivity index (χ3v) is 2.01. The lowest BCUT2D eigenvalue weighted by Crippen LogP contribution is -2.20. The van der Waals surface area contributed by atoms with Crippen molar-refractivity contribution in [1.82, 2.24) is 0 Å². The van der Waals surface area contributed by atoms with Crippen LogP contribution in [0.3, 0.4) is 0 Å². The van der Waals surface area contributed by atoms with E-state index in [0.717, 1.165) is 25.1 Å². The molecule has 0 spiro atoms. The lowest BCUT2D eigenvalue weighted by atomic mass is 10.1. The largest absolute Gasteiger partial charge is 0.478 e. The number of rotatable bonds is 4. The van der Waals surface area contributed by atoms with E-state index in [4.69, 9.17) is 5.11 Å². The first-order chi connectivity index (χ1) is 8.32. The first-order valence-electron chi connectivity index (χ1n) is 4.66. The van der Waals surface area contributed by atoms with E-state index < -0.39 is 28.3 Å². The molecule has 0 bridgehead atoms. The van der Waals surface area contributed by atoms with Gasteiger partial charge in [-0.1, -0.05) is 0 Å². The maximum absolute atomic E-state index is 11.1. The minimum absolute atomic E-state index is 0.231. The number of nitrogens with zero attached hydrogens (tertiary/aromatic N) is 1. The van der Waals surface area contributed by atoms with Crippen LogP contribution in [-0.4, -0.2) is 27.7 Å². The molecule has 2 N–H and O–H groups in total. The number of ketones is 1. The minimum atomic E-state index is -1.33. The van der Waals surface area contributed by atoms with E-state index in [1.807, 2.05) is 5.32 Å². The number of carbonyl (C=O) groups is 3. The van der Waals surface area contributed by atoms with Crippen LogP contribution in [-0.2, 0) is 9.59 Å². The van der Waals surface area contributed by atoms with Crippen LogP contribution in [0, 0.1) is 10.1 Å². The smallest absolute Gasteiger partial charge is 0.335 e. The molecule has 1 aromatic rings. The standard InChI is InChI=1S/C10H8N2O6/c1-5(13)9(14)11-7-3-2-6(10(15)16)4-8(7)12(17)18/h2-4H,1H3,(H,11,14)(H,15,16). The van der Waals surface area contributed by atoms with Crippen molar-refractivity contribution >= 4 is 29.0 Å². The zero-order valence-electron chi connectivity index (χ0n) is 9.17. The second-order valence-electron chi connectivity index (χ2n) is 3.30. The number of nitro benzene ring substituents is 1. The number of aromatic carboxylic acids is 1. The van der Waals surface area contributed by atoms with Crippen LogP contribution in [0.15, 0.2) is 18.2 Å². The Morgan fingerprint density at radius 2 is 1.94 bits per heavy atom. The van der Waals surface area contributed by atoms with Gasteiger partial charge in [-0.15, -0.1) is 0 Å². The number of nitrogens with one attached hydrogen (secondary N) is 1. The van der Waals surface area contributed by atoms with Crippen molar-refractivity contribution in [3.63, 3.8) is 0 Å². The summed E-state index contributed by atoms with van der Waals surface area (Å²) in [6.07, 6.45) is 0. The molecule has 0 unspecified atom stereocenters. The quantitative estimate of drug-likeness (QED) is 0.464. The lowest BCUT2D eigenvalue weighted by molar-refractivity contribution is -0.384. The molecule has 1 aromatic carbocycles. The van der Waals surface area contributed by atoms with E-state index in [0.29, 0.717) is 0 Å². The Morgan fingerprint density at radius 1 is 1.33 bits per heavy atom. The molecule has 8 heteroatoms. The van der Waals surface area contributed by atoms with Crippen LogP contribution >= 0.6 is 0 Å². The van der Waals surface area contributed by atoms with Crippen molar-refractivity contribution in [1.29, 1.82) is 0 Å². The van der Waals surface area contributed by atoms with E-state index in [1.165, 1.54) is 0 Å². The summed E-state index contributed by atoms with van der Waals surface area (Å²) in [5, 5.41) is 21.4. The summed E-state index contributed by atoms with van der Waals surface area (Å²) in [5.74, 6) is -3.16. The number of amides is 1. The van der Waals surface area contributed by atoms with Crippen molar-refractivity contribution in [3.05, 3.63) is 33.9 Å². The minimum Gasteiger partial charge on any atom is -0.478 e. The first-order valence-corrected chi connectivity index (χ1v) is 4.66. The van der Waals surface area contributed by atoms with Gasteiger partial charge in [-0.25, -0.2) is 4.79 Å². The molecular formula is C10H8N2O6. The van der Waals surface area contributed by atoms with Crippen LogP contribution in [0.2, 0.25) is 0 Å². The van der Waals surface area contributed by atoms with Crippen LogP contribution in [0.4, 0.5) is 11.4 Å². The van der Waals surface area contributed by atoms with Crippen LogP contribution < -0.4 is 5.32 Å². The molecule has 0 fully saturated rings. The van der Waals surface area contributed by atoms with Crippen molar-refractivity contribution in [2.75, 3.05) is 5.32 Å². The number of Topliss-reactive ketones (excluding diaryl/α,β-unsaturated/α-hetero) is 1. The summed E-state index contributed by atoms with van der Waals surface area (Å²) in [4.78, 5) is 42.4. The van der Waals surface area contributed by atoms with Gasteiger partial charge in [0, 0.05) is 13.0 Å². The molecular weight excluding hydrogens is 244 g/mol. The summed E-state index contributed by atoms with van der Waals surface area (Å²) in [6.45, 7) is 1.01. The average molecular weight is 252 g/mol. The molecule has 0 aromatic heterocycles. The van der Waals surface area contributed by atoms with Crippen LogP contribution in [0.25, 0.3) is 0 Å². The van der Waals surface area contributed by atoms with Gasteiger partial charge in [0.15, 0.2) is 0 Å². The highest BCUT2D eigenvalue weighted by atomic mass is 16.6. The fourth-order valence-corrected chi connectivity index (χ4v) is 1.13. The van der Waals surface area contributed by atoms with E-state index in [2.05, 4.69) is 0 Å². The van der Waals surface area contributed by atoms with E-state index in [9.17, 15) is 24.5 Å². The van der Waals surface area contributed by atoms with Crippen LogP contribution in [0.5, 0.6) is 0 Å². The molecule has 1 amide bonds. The highest BCUT2D eigenvalue weighted by Crippen LogP contribution is 2.25. The summed E-state index contributed by atoms with van der Waals surface area (Å²) in [6, 6.07) is 2.95. The van der Waals surface area contributed by atoms with Crippen molar-refractivity contribution in [3.8, 4) is 0 Å². The fraction of sp³-hybridized carbons (Fsp3) is 0.100. The molecule has 0 saturated carbocycles. The molecule has 0 saturated heterocycles. The van der Waals surface area contributed by atoms with Crippen LogP contribution in [0.1, 0.15) is 17.3 Å². The zero-order chi connectivity index (χ0) is 13.9. The Bertz CT molecular complexity index is 551. The molecule has 18 heavy (non-hydrogen) atoms. The molecule has 8 nitrogen and oxygen atoms in total. The van der Waals surface area contributed by atoms with Crippen molar-refractivity contribution < 1.29 is 24.4 Å². The van der Waals surface area contributed by atoms with Gasteiger partial charge in [-0.05, 0) is 12.1 Å². The Labute approximate surface area is 100 Å². The van der Waals surface area contributed by atoms with Gasteiger partial charge in [0.25, 0.3) is 11.6 Å². The summed E-state index contributed by atoms with van der Waals surface area (Å²) >= 11 is 0. The number of nitro groups is 1. The normalized spacial score (nSPS) is 9.61. The first kappa shape index (κ1) is 13.3. The molecule has 0 aliphatic carbocycles. The Hall–Kier alpha value is -2.77. The molecule has 94 valence electrons. The van der Waals surface area contributed by atoms with Gasteiger partial charge in [-0.3, -0.25) is 19.7 Å². The van der Waals surface area contributed by atoms with Crippen molar-refractivity contribution in [2.45, 2.75) is 6.92 Å². The molecule has 0 radical (unpaired) electrons. The molecule has 0 atom stereocenters. The van der Waals surface area contributed by atoms with Gasteiger partial charge >= 0.3 is 5.97 Å². The maximum Gasteiger partial charge on any atom is 0.335 e. The lowest BCUT2D eigenvalue weighted by Gasteiger charge is -2.04. The van der Waals surface area contributed by atoms with E-state index in [1.54, 1.807) is 0 Å².